The van der Waals surface area contributed by atoms with E-state index in [2.05, 4.69) is 5.43 Å². The summed E-state index contributed by atoms with van der Waals surface area (Å²) in [5, 5.41) is 1.41. The summed E-state index contributed by atoms with van der Waals surface area (Å²) in [7, 11) is 3.95. The fraction of sp³-hybridized carbons (Fsp3) is 0.154. The molecule has 1 N–H and O–H groups in total. The molecule has 2 amide bonds. The Labute approximate surface area is 182 Å². The summed E-state index contributed by atoms with van der Waals surface area (Å²) in [5.41, 5.74) is 8.15. The van der Waals surface area contributed by atoms with Gasteiger partial charge in [0.1, 0.15) is 0 Å². The Morgan fingerprint density at radius 2 is 1.55 bits per heavy atom. The van der Waals surface area contributed by atoms with Crippen LogP contribution in [-0.4, -0.2) is 30.9 Å². The summed E-state index contributed by atoms with van der Waals surface area (Å²) in [4.78, 5) is 27.9. The molecule has 1 aliphatic rings. The van der Waals surface area contributed by atoms with E-state index in [-0.39, 0.29) is 18.2 Å². The van der Waals surface area contributed by atoms with Crippen LogP contribution in [0.1, 0.15) is 22.3 Å². The topological polar surface area (TPSA) is 52.7 Å². The highest BCUT2D eigenvalue weighted by Gasteiger charge is 2.25. The lowest BCUT2D eigenvalue weighted by atomic mass is 10.00. The van der Waals surface area contributed by atoms with E-state index in [1.807, 2.05) is 104 Å². The van der Waals surface area contributed by atoms with Gasteiger partial charge >= 0.3 is 0 Å². The molecule has 31 heavy (non-hydrogen) atoms. The maximum Gasteiger partial charge on any atom is 0.270 e. The van der Waals surface area contributed by atoms with E-state index < -0.39 is 0 Å². The maximum absolute atomic E-state index is 13.3. The second-order valence-electron chi connectivity index (χ2n) is 7.78. The first-order valence-electron chi connectivity index (χ1n) is 10.2. The van der Waals surface area contributed by atoms with Crippen molar-refractivity contribution in [2.75, 3.05) is 19.0 Å². The number of fused-ring (bicyclic) bond motifs is 1. The van der Waals surface area contributed by atoms with Gasteiger partial charge in [-0.3, -0.25) is 15.0 Å². The van der Waals surface area contributed by atoms with E-state index in [0.29, 0.717) is 12.1 Å². The Morgan fingerprint density at radius 1 is 0.903 bits per heavy atom. The number of hydrogen-bond acceptors (Lipinski definition) is 3. The van der Waals surface area contributed by atoms with Crippen LogP contribution in [0.2, 0.25) is 0 Å². The highest BCUT2D eigenvalue weighted by molar-refractivity contribution is 6.24. The predicted molar refractivity (Wildman–Crippen MR) is 124 cm³/mol. The average molecular weight is 412 g/mol. The molecular weight excluding hydrogens is 386 g/mol. The van der Waals surface area contributed by atoms with Crippen molar-refractivity contribution in [3.05, 3.63) is 101 Å². The first-order chi connectivity index (χ1) is 15.0. The van der Waals surface area contributed by atoms with Gasteiger partial charge in [-0.1, -0.05) is 66.7 Å². The number of carbonyl (C=O) groups excluding carboxylic acids is 2. The van der Waals surface area contributed by atoms with Gasteiger partial charge in [0.25, 0.3) is 5.91 Å². The zero-order chi connectivity index (χ0) is 21.8. The Balaban J connectivity index is 1.63. The lowest BCUT2D eigenvalue weighted by Gasteiger charge is -2.29. The third-order valence-electron chi connectivity index (χ3n) is 5.38. The van der Waals surface area contributed by atoms with Crippen LogP contribution in [0.15, 0.2) is 78.9 Å². The van der Waals surface area contributed by atoms with E-state index in [4.69, 9.17) is 0 Å². The molecule has 1 aliphatic heterocycles. The van der Waals surface area contributed by atoms with Gasteiger partial charge in [-0.2, -0.15) is 0 Å². The third kappa shape index (κ3) is 4.67. The number of anilines is 1. The van der Waals surface area contributed by atoms with Gasteiger partial charge < -0.3 is 4.90 Å². The average Bonchev–Trinajstić information content (AvgIpc) is 2.78. The molecule has 1 heterocycles. The fourth-order valence-corrected chi connectivity index (χ4v) is 3.62. The number of nitrogens with zero attached hydrogens (tertiary/aromatic N) is 2. The molecule has 0 spiro atoms. The second-order valence-corrected chi connectivity index (χ2v) is 7.78. The van der Waals surface area contributed by atoms with Gasteiger partial charge in [0.2, 0.25) is 5.91 Å². The van der Waals surface area contributed by atoms with E-state index >= 15 is 0 Å². The molecule has 0 saturated heterocycles. The minimum atomic E-state index is -0.311. The Morgan fingerprint density at radius 3 is 2.23 bits per heavy atom. The number of nitrogens with one attached hydrogen (secondary N) is 1. The largest absolute Gasteiger partial charge is 0.378 e. The lowest BCUT2D eigenvalue weighted by molar-refractivity contribution is -0.140. The summed E-state index contributed by atoms with van der Waals surface area (Å²) in [6.07, 6.45) is 2.13. The minimum absolute atomic E-state index is 0.117. The number of carbonyl (C=O) groups is 2. The molecule has 4 rings (SSSR count). The van der Waals surface area contributed by atoms with Crippen molar-refractivity contribution >= 4 is 29.2 Å². The molecule has 5 nitrogen and oxygen atoms in total. The standard InChI is InChI=1S/C26H25N3O2/c1-28(2)23-14-12-20(13-15-23)24(16-19-8-4-3-5-9-19)26(31)27-29-18-22-11-7-6-10-21(22)17-25(29)30/h3-16H,17-18H2,1-2H3,(H,27,31)/b24-16+. The van der Waals surface area contributed by atoms with Crippen LogP contribution in [0.25, 0.3) is 11.6 Å². The van der Waals surface area contributed by atoms with Crippen LogP contribution >= 0.6 is 0 Å². The number of hydrogen-bond donors (Lipinski definition) is 1. The van der Waals surface area contributed by atoms with Gasteiger partial charge in [0.15, 0.2) is 0 Å². The van der Waals surface area contributed by atoms with E-state index in [0.717, 1.165) is 27.9 Å². The van der Waals surface area contributed by atoms with Crippen LogP contribution in [-0.2, 0) is 22.6 Å². The summed E-state index contributed by atoms with van der Waals surface area (Å²) < 4.78 is 0. The van der Waals surface area contributed by atoms with Gasteiger partial charge in [0.05, 0.1) is 13.0 Å². The van der Waals surface area contributed by atoms with Crippen molar-refractivity contribution in [3.63, 3.8) is 0 Å². The quantitative estimate of drug-likeness (QED) is 0.512. The molecule has 0 aromatic heterocycles. The molecule has 3 aromatic carbocycles. The fourth-order valence-electron chi connectivity index (χ4n) is 3.62. The van der Waals surface area contributed by atoms with E-state index in [1.165, 1.54) is 5.01 Å². The Kier molecular flexibility index (Phi) is 5.85. The van der Waals surface area contributed by atoms with Crippen molar-refractivity contribution in [1.82, 2.24) is 10.4 Å². The number of amides is 2. The zero-order valence-corrected chi connectivity index (χ0v) is 17.7. The van der Waals surface area contributed by atoms with Crippen LogP contribution in [0.4, 0.5) is 5.69 Å². The molecule has 3 aromatic rings. The van der Waals surface area contributed by atoms with Crippen LogP contribution in [0.5, 0.6) is 0 Å². The van der Waals surface area contributed by atoms with Gasteiger partial charge in [0, 0.05) is 25.4 Å². The predicted octanol–water partition coefficient (Wildman–Crippen LogP) is 3.91. The van der Waals surface area contributed by atoms with Crippen molar-refractivity contribution < 1.29 is 9.59 Å². The highest BCUT2D eigenvalue weighted by Crippen LogP contribution is 2.23. The molecule has 0 saturated carbocycles. The minimum Gasteiger partial charge on any atom is -0.378 e. The smallest absolute Gasteiger partial charge is 0.270 e. The van der Waals surface area contributed by atoms with E-state index in [1.54, 1.807) is 0 Å². The Bertz CT molecular complexity index is 1120. The molecule has 0 radical (unpaired) electrons. The SMILES string of the molecule is CN(C)c1ccc(/C(=C\c2ccccc2)C(=O)NN2Cc3ccccc3CC2=O)cc1. The van der Waals surface area contributed by atoms with Crippen LogP contribution < -0.4 is 10.3 Å². The first-order valence-corrected chi connectivity index (χ1v) is 10.2. The molecule has 0 atom stereocenters. The van der Waals surface area contributed by atoms with Gasteiger partial charge in [-0.05, 0) is 40.5 Å². The summed E-state index contributed by atoms with van der Waals surface area (Å²) in [5.74, 6) is -0.428. The van der Waals surface area contributed by atoms with Gasteiger partial charge in [-0.15, -0.1) is 0 Å². The summed E-state index contributed by atoms with van der Waals surface area (Å²) >= 11 is 0. The van der Waals surface area contributed by atoms with Crippen LogP contribution in [0, 0.1) is 0 Å². The molecule has 156 valence electrons. The molecule has 0 bridgehead atoms. The third-order valence-corrected chi connectivity index (χ3v) is 5.38. The molecule has 0 unspecified atom stereocenters. The maximum atomic E-state index is 13.3. The van der Waals surface area contributed by atoms with Crippen molar-refractivity contribution in [1.29, 1.82) is 0 Å². The second kappa shape index (κ2) is 8.88. The monoisotopic (exact) mass is 411 g/mol. The van der Waals surface area contributed by atoms with Crippen molar-refractivity contribution in [3.8, 4) is 0 Å². The Hall–Kier alpha value is -3.86. The van der Waals surface area contributed by atoms with Crippen LogP contribution in [0.3, 0.4) is 0 Å². The zero-order valence-electron chi connectivity index (χ0n) is 17.7. The number of benzene rings is 3. The number of rotatable bonds is 5. The van der Waals surface area contributed by atoms with Gasteiger partial charge in [-0.25, -0.2) is 5.01 Å². The highest BCUT2D eigenvalue weighted by atomic mass is 16.2. The first kappa shape index (κ1) is 20.4. The molecule has 5 heteroatoms. The molecule has 0 fully saturated rings. The normalized spacial score (nSPS) is 13.5. The number of hydrazine groups is 1. The lowest BCUT2D eigenvalue weighted by Crippen LogP contribution is -2.48. The van der Waals surface area contributed by atoms with Crippen molar-refractivity contribution in [2.45, 2.75) is 13.0 Å². The molecular formula is C26H25N3O2. The summed E-state index contributed by atoms with van der Waals surface area (Å²) in [6, 6.07) is 25.3. The van der Waals surface area contributed by atoms with E-state index in [9.17, 15) is 9.59 Å². The summed E-state index contributed by atoms with van der Waals surface area (Å²) in [6.45, 7) is 0.360. The molecule has 0 aliphatic carbocycles. The van der Waals surface area contributed by atoms with Crippen molar-refractivity contribution in [2.24, 2.45) is 0 Å².